The number of aryl methyl sites for hydroxylation is 1. The third-order valence-electron chi connectivity index (χ3n) is 3.52. The quantitative estimate of drug-likeness (QED) is 0.773. The normalized spacial score (nSPS) is 10.4. The Bertz CT molecular complexity index is 829. The van der Waals surface area contributed by atoms with Crippen molar-refractivity contribution in [2.45, 2.75) is 13.5 Å². The van der Waals surface area contributed by atoms with E-state index in [0.717, 1.165) is 27.6 Å². The molecule has 5 nitrogen and oxygen atoms in total. The molecule has 0 saturated heterocycles. The summed E-state index contributed by atoms with van der Waals surface area (Å²) in [6.07, 6.45) is 3.46. The lowest BCUT2D eigenvalue weighted by Crippen LogP contribution is -2.22. The number of ether oxygens (including phenoxy) is 1. The minimum Gasteiger partial charge on any atom is -0.497 e. The molecule has 0 spiro atoms. The Hall–Kier alpha value is -2.73. The van der Waals surface area contributed by atoms with Gasteiger partial charge in [0, 0.05) is 24.5 Å². The van der Waals surface area contributed by atoms with Crippen LogP contribution in [0, 0.1) is 6.92 Å². The van der Waals surface area contributed by atoms with E-state index < -0.39 is 0 Å². The molecule has 0 aliphatic heterocycles. The van der Waals surface area contributed by atoms with Gasteiger partial charge >= 0.3 is 0 Å². The lowest BCUT2D eigenvalue weighted by molar-refractivity contribution is 0.0954. The molecule has 0 aliphatic carbocycles. The third-order valence-corrected chi connectivity index (χ3v) is 4.73. The number of benzene rings is 1. The molecule has 3 aromatic rings. The van der Waals surface area contributed by atoms with E-state index >= 15 is 0 Å². The summed E-state index contributed by atoms with van der Waals surface area (Å²) in [6, 6.07) is 11.4. The van der Waals surface area contributed by atoms with Crippen LogP contribution in [-0.2, 0) is 6.54 Å². The molecule has 0 fully saturated rings. The minimum absolute atomic E-state index is 0.115. The van der Waals surface area contributed by atoms with E-state index in [-0.39, 0.29) is 5.91 Å². The van der Waals surface area contributed by atoms with Gasteiger partial charge in [-0.25, -0.2) is 4.98 Å². The number of amides is 1. The van der Waals surface area contributed by atoms with Crippen LogP contribution in [0.3, 0.4) is 0 Å². The number of carbonyl (C=O) groups excluding carboxylic acids is 1. The van der Waals surface area contributed by atoms with E-state index in [1.54, 1.807) is 19.5 Å². The molecule has 6 heteroatoms. The number of methoxy groups -OCH3 is 1. The second-order valence-electron chi connectivity index (χ2n) is 5.21. The molecule has 0 unspecified atom stereocenters. The van der Waals surface area contributed by atoms with Gasteiger partial charge in [-0.3, -0.25) is 9.78 Å². The summed E-state index contributed by atoms with van der Waals surface area (Å²) in [5.41, 5.74) is 2.66. The maximum atomic E-state index is 12.4. The van der Waals surface area contributed by atoms with Gasteiger partial charge in [-0.05, 0) is 36.8 Å². The second kappa shape index (κ2) is 7.23. The smallest absolute Gasteiger partial charge is 0.263 e. The Morgan fingerprint density at radius 1 is 1.25 bits per heavy atom. The molecule has 24 heavy (non-hydrogen) atoms. The Labute approximate surface area is 144 Å². The monoisotopic (exact) mass is 339 g/mol. The van der Waals surface area contributed by atoms with Crippen LogP contribution in [0.4, 0.5) is 0 Å². The number of rotatable bonds is 5. The molecule has 3 rings (SSSR count). The minimum atomic E-state index is -0.115. The summed E-state index contributed by atoms with van der Waals surface area (Å²) in [7, 11) is 1.63. The molecule has 0 bridgehead atoms. The molecule has 1 amide bonds. The van der Waals surface area contributed by atoms with E-state index in [1.165, 1.54) is 11.3 Å². The largest absolute Gasteiger partial charge is 0.497 e. The zero-order chi connectivity index (χ0) is 16.9. The standard InChI is InChI=1S/C18H17N3O2S/c1-12-16(24-18(21-12)14-4-3-9-19-11-14)17(22)20-10-13-5-7-15(23-2)8-6-13/h3-9,11H,10H2,1-2H3,(H,20,22). The predicted octanol–water partition coefficient (Wildman–Crippen LogP) is 3.45. The van der Waals surface area contributed by atoms with Gasteiger partial charge in [0.05, 0.1) is 12.8 Å². The van der Waals surface area contributed by atoms with Crippen LogP contribution in [0.1, 0.15) is 20.9 Å². The van der Waals surface area contributed by atoms with E-state index in [9.17, 15) is 4.79 Å². The van der Waals surface area contributed by atoms with Crippen LogP contribution in [0.25, 0.3) is 10.6 Å². The van der Waals surface area contributed by atoms with Crippen LogP contribution < -0.4 is 10.1 Å². The van der Waals surface area contributed by atoms with Crippen molar-refractivity contribution in [1.29, 1.82) is 0 Å². The molecular weight excluding hydrogens is 322 g/mol. The molecule has 122 valence electrons. The van der Waals surface area contributed by atoms with Crippen molar-refractivity contribution < 1.29 is 9.53 Å². The number of thiazole rings is 1. The average molecular weight is 339 g/mol. The van der Waals surface area contributed by atoms with E-state index in [2.05, 4.69) is 15.3 Å². The fourth-order valence-corrected chi connectivity index (χ4v) is 3.20. The molecule has 1 N–H and O–H groups in total. The molecule has 0 radical (unpaired) electrons. The molecule has 2 aromatic heterocycles. The van der Waals surface area contributed by atoms with Gasteiger partial charge in [-0.15, -0.1) is 11.3 Å². The van der Waals surface area contributed by atoms with Gasteiger partial charge in [0.15, 0.2) is 0 Å². The zero-order valence-electron chi connectivity index (χ0n) is 13.4. The van der Waals surface area contributed by atoms with Gasteiger partial charge in [0.1, 0.15) is 15.6 Å². The zero-order valence-corrected chi connectivity index (χ0v) is 14.3. The first kappa shape index (κ1) is 16.1. The number of nitrogens with zero attached hydrogens (tertiary/aromatic N) is 2. The maximum Gasteiger partial charge on any atom is 0.263 e. The van der Waals surface area contributed by atoms with Gasteiger partial charge < -0.3 is 10.1 Å². The first-order valence-corrected chi connectivity index (χ1v) is 8.28. The van der Waals surface area contributed by atoms with E-state index in [1.807, 2.05) is 43.3 Å². The van der Waals surface area contributed by atoms with Gasteiger partial charge in [0.25, 0.3) is 5.91 Å². The number of pyridine rings is 1. The van der Waals surface area contributed by atoms with Crippen molar-refractivity contribution in [2.75, 3.05) is 7.11 Å². The van der Waals surface area contributed by atoms with Crippen molar-refractivity contribution >= 4 is 17.2 Å². The molecule has 0 atom stereocenters. The lowest BCUT2D eigenvalue weighted by Gasteiger charge is -2.05. The van der Waals surface area contributed by atoms with Crippen LogP contribution in [0.2, 0.25) is 0 Å². The predicted molar refractivity (Wildman–Crippen MR) is 94.2 cm³/mol. The number of hydrogen-bond acceptors (Lipinski definition) is 5. The van der Waals surface area contributed by atoms with Crippen LogP contribution >= 0.6 is 11.3 Å². The van der Waals surface area contributed by atoms with E-state index in [4.69, 9.17) is 4.74 Å². The highest BCUT2D eigenvalue weighted by Crippen LogP contribution is 2.27. The molecule has 0 aliphatic rings. The Morgan fingerprint density at radius 3 is 2.71 bits per heavy atom. The molecule has 0 saturated carbocycles. The van der Waals surface area contributed by atoms with Crippen molar-refractivity contribution in [3.05, 3.63) is 64.9 Å². The third kappa shape index (κ3) is 3.60. The van der Waals surface area contributed by atoms with Crippen LogP contribution in [-0.4, -0.2) is 23.0 Å². The highest BCUT2D eigenvalue weighted by molar-refractivity contribution is 7.17. The van der Waals surface area contributed by atoms with Gasteiger partial charge in [0.2, 0.25) is 0 Å². The number of hydrogen-bond donors (Lipinski definition) is 1. The topological polar surface area (TPSA) is 64.1 Å². The highest BCUT2D eigenvalue weighted by atomic mass is 32.1. The van der Waals surface area contributed by atoms with Gasteiger partial charge in [-0.1, -0.05) is 12.1 Å². The summed E-state index contributed by atoms with van der Waals surface area (Å²) in [4.78, 5) is 21.6. The number of carbonyl (C=O) groups is 1. The lowest BCUT2D eigenvalue weighted by atomic mass is 10.2. The Kier molecular flexibility index (Phi) is 4.86. The molecule has 2 heterocycles. The summed E-state index contributed by atoms with van der Waals surface area (Å²) in [5, 5.41) is 3.73. The maximum absolute atomic E-state index is 12.4. The van der Waals surface area contributed by atoms with Crippen LogP contribution in [0.5, 0.6) is 5.75 Å². The Balaban J connectivity index is 1.69. The summed E-state index contributed by atoms with van der Waals surface area (Å²) in [5.74, 6) is 0.681. The summed E-state index contributed by atoms with van der Waals surface area (Å²) >= 11 is 1.38. The summed E-state index contributed by atoms with van der Waals surface area (Å²) < 4.78 is 5.13. The van der Waals surface area contributed by atoms with Crippen molar-refractivity contribution in [3.8, 4) is 16.3 Å². The fraction of sp³-hybridized carbons (Fsp3) is 0.167. The highest BCUT2D eigenvalue weighted by Gasteiger charge is 2.16. The molecule has 1 aromatic carbocycles. The fourth-order valence-electron chi connectivity index (χ4n) is 2.23. The Morgan fingerprint density at radius 2 is 2.04 bits per heavy atom. The first-order chi connectivity index (χ1) is 11.7. The van der Waals surface area contributed by atoms with E-state index in [0.29, 0.717) is 11.4 Å². The molecular formula is C18H17N3O2S. The van der Waals surface area contributed by atoms with Crippen molar-refractivity contribution in [3.63, 3.8) is 0 Å². The first-order valence-electron chi connectivity index (χ1n) is 7.46. The second-order valence-corrected chi connectivity index (χ2v) is 6.21. The van der Waals surface area contributed by atoms with Crippen LogP contribution in [0.15, 0.2) is 48.8 Å². The van der Waals surface area contributed by atoms with Gasteiger partial charge in [-0.2, -0.15) is 0 Å². The summed E-state index contributed by atoms with van der Waals surface area (Å²) in [6.45, 7) is 2.31. The SMILES string of the molecule is COc1ccc(CNC(=O)c2sc(-c3cccnc3)nc2C)cc1. The van der Waals surface area contributed by atoms with Crippen molar-refractivity contribution in [1.82, 2.24) is 15.3 Å². The number of aromatic nitrogens is 2. The van der Waals surface area contributed by atoms with Crippen molar-refractivity contribution in [2.24, 2.45) is 0 Å². The number of nitrogens with one attached hydrogen (secondary N) is 1. The average Bonchev–Trinajstić information content (AvgIpc) is 3.03.